The average Bonchev–Trinajstić information content (AvgIpc) is 3.28. The van der Waals surface area contributed by atoms with Gasteiger partial charge in [-0.1, -0.05) is 47.1 Å². The van der Waals surface area contributed by atoms with E-state index in [0.29, 0.717) is 23.9 Å². The molecule has 2 aromatic heterocycles. The minimum atomic E-state index is -0.316. The zero-order chi connectivity index (χ0) is 20.8. The van der Waals surface area contributed by atoms with Gasteiger partial charge < -0.3 is 14.6 Å². The lowest BCUT2D eigenvalue weighted by molar-refractivity contribution is 0.0942. The molecular weight excluding hydrogens is 402 g/mol. The number of carbonyl (C=O) groups excluding carboxylic acids is 1. The van der Waals surface area contributed by atoms with E-state index in [1.165, 1.54) is 0 Å². The van der Waals surface area contributed by atoms with Gasteiger partial charge in [-0.05, 0) is 35.9 Å². The zero-order valence-corrected chi connectivity index (χ0v) is 16.7. The van der Waals surface area contributed by atoms with Crippen molar-refractivity contribution in [3.63, 3.8) is 0 Å². The fourth-order valence-electron chi connectivity index (χ4n) is 2.79. The molecule has 150 valence electrons. The SMILES string of the molecule is O=C(NCc1ccc(OCc2cccnc2)cc1)c1cc(-c2cccc(Cl)c2)on1. The number of carbonyl (C=O) groups is 1. The number of pyridine rings is 1. The van der Waals surface area contributed by atoms with Gasteiger partial charge in [-0.3, -0.25) is 9.78 Å². The maximum absolute atomic E-state index is 12.4. The van der Waals surface area contributed by atoms with Crippen molar-refractivity contribution in [2.45, 2.75) is 13.2 Å². The molecule has 4 rings (SSSR count). The zero-order valence-electron chi connectivity index (χ0n) is 15.9. The van der Waals surface area contributed by atoms with Crippen LogP contribution in [0.1, 0.15) is 21.6 Å². The third-order valence-electron chi connectivity index (χ3n) is 4.36. The van der Waals surface area contributed by atoms with Crippen LogP contribution in [0.2, 0.25) is 5.02 Å². The quantitative estimate of drug-likeness (QED) is 0.461. The molecule has 1 amide bonds. The largest absolute Gasteiger partial charge is 0.489 e. The van der Waals surface area contributed by atoms with Gasteiger partial charge in [0.25, 0.3) is 5.91 Å². The molecule has 7 heteroatoms. The van der Waals surface area contributed by atoms with E-state index in [1.54, 1.807) is 30.6 Å². The van der Waals surface area contributed by atoms with E-state index in [2.05, 4.69) is 15.5 Å². The molecule has 6 nitrogen and oxygen atoms in total. The van der Waals surface area contributed by atoms with Gasteiger partial charge in [-0.25, -0.2) is 0 Å². The summed E-state index contributed by atoms with van der Waals surface area (Å²) in [6, 6.07) is 20.1. The summed E-state index contributed by atoms with van der Waals surface area (Å²) in [5.74, 6) is 0.915. The van der Waals surface area contributed by atoms with E-state index >= 15 is 0 Å². The van der Waals surface area contributed by atoms with Crippen LogP contribution in [0, 0.1) is 0 Å². The standard InChI is InChI=1S/C23H18ClN3O3/c24-19-5-1-4-18(11-19)22-12-21(27-30-22)23(28)26-14-16-6-8-20(9-7-16)29-15-17-3-2-10-25-13-17/h1-13H,14-15H2,(H,26,28). The van der Waals surface area contributed by atoms with Crippen LogP contribution in [0.25, 0.3) is 11.3 Å². The maximum Gasteiger partial charge on any atom is 0.273 e. The van der Waals surface area contributed by atoms with Crippen molar-refractivity contribution in [3.8, 4) is 17.1 Å². The van der Waals surface area contributed by atoms with Crippen LogP contribution < -0.4 is 10.1 Å². The molecule has 0 saturated carbocycles. The Labute approximate surface area is 178 Å². The lowest BCUT2D eigenvalue weighted by Crippen LogP contribution is -2.22. The minimum absolute atomic E-state index is 0.210. The highest BCUT2D eigenvalue weighted by Gasteiger charge is 2.13. The van der Waals surface area contributed by atoms with Crippen molar-refractivity contribution in [2.75, 3.05) is 0 Å². The van der Waals surface area contributed by atoms with E-state index in [4.69, 9.17) is 20.9 Å². The summed E-state index contributed by atoms with van der Waals surface area (Å²) in [6.07, 6.45) is 3.50. The van der Waals surface area contributed by atoms with E-state index in [9.17, 15) is 4.79 Å². The van der Waals surface area contributed by atoms with Crippen LogP contribution in [0.15, 0.2) is 83.6 Å². The summed E-state index contributed by atoms with van der Waals surface area (Å²) in [4.78, 5) is 16.4. The molecule has 0 aliphatic carbocycles. The van der Waals surface area contributed by atoms with Gasteiger partial charge in [0.15, 0.2) is 11.5 Å². The predicted molar refractivity (Wildman–Crippen MR) is 113 cm³/mol. The Hall–Kier alpha value is -3.64. The number of benzene rings is 2. The first-order chi connectivity index (χ1) is 14.7. The lowest BCUT2D eigenvalue weighted by atomic mass is 10.1. The third kappa shape index (κ3) is 5.04. The molecule has 0 radical (unpaired) electrons. The summed E-state index contributed by atoms with van der Waals surface area (Å²) < 4.78 is 11.0. The smallest absolute Gasteiger partial charge is 0.273 e. The molecule has 0 saturated heterocycles. The van der Waals surface area contributed by atoms with Crippen LogP contribution in [-0.4, -0.2) is 16.0 Å². The summed E-state index contributed by atoms with van der Waals surface area (Å²) in [7, 11) is 0. The molecule has 2 heterocycles. The Kier molecular flexibility index (Phi) is 6.06. The van der Waals surface area contributed by atoms with Crippen molar-refractivity contribution >= 4 is 17.5 Å². The second-order valence-electron chi connectivity index (χ2n) is 6.56. The molecule has 0 aliphatic heterocycles. The molecule has 0 spiro atoms. The van der Waals surface area contributed by atoms with Crippen LogP contribution in [0.5, 0.6) is 5.75 Å². The second kappa shape index (κ2) is 9.24. The van der Waals surface area contributed by atoms with E-state index in [-0.39, 0.29) is 11.6 Å². The number of hydrogen-bond donors (Lipinski definition) is 1. The number of halogens is 1. The summed E-state index contributed by atoms with van der Waals surface area (Å²) in [5.41, 5.74) is 2.91. The van der Waals surface area contributed by atoms with Gasteiger partial charge in [0.1, 0.15) is 12.4 Å². The normalized spacial score (nSPS) is 10.6. The molecule has 0 fully saturated rings. The van der Waals surface area contributed by atoms with Crippen molar-refractivity contribution in [1.82, 2.24) is 15.5 Å². The summed E-state index contributed by atoms with van der Waals surface area (Å²) in [6.45, 7) is 0.812. The van der Waals surface area contributed by atoms with E-state index in [1.807, 2.05) is 48.5 Å². The number of aromatic nitrogens is 2. The Morgan fingerprint density at radius 2 is 1.90 bits per heavy atom. The fraction of sp³-hybridized carbons (Fsp3) is 0.0870. The van der Waals surface area contributed by atoms with Gasteiger partial charge >= 0.3 is 0 Å². The Bertz CT molecular complexity index is 1130. The highest BCUT2D eigenvalue weighted by atomic mass is 35.5. The minimum Gasteiger partial charge on any atom is -0.489 e. The molecule has 0 aliphatic rings. The Morgan fingerprint density at radius 1 is 1.03 bits per heavy atom. The van der Waals surface area contributed by atoms with Crippen LogP contribution in [-0.2, 0) is 13.2 Å². The predicted octanol–water partition coefficient (Wildman–Crippen LogP) is 4.90. The highest BCUT2D eigenvalue weighted by molar-refractivity contribution is 6.30. The van der Waals surface area contributed by atoms with Crippen LogP contribution in [0.3, 0.4) is 0 Å². The first-order valence-corrected chi connectivity index (χ1v) is 9.67. The van der Waals surface area contributed by atoms with Gasteiger partial charge in [0.2, 0.25) is 0 Å². The Morgan fingerprint density at radius 3 is 2.67 bits per heavy atom. The van der Waals surface area contributed by atoms with Gasteiger partial charge in [-0.2, -0.15) is 0 Å². The summed E-state index contributed by atoms with van der Waals surface area (Å²) in [5, 5.41) is 7.26. The number of amides is 1. The maximum atomic E-state index is 12.4. The Balaban J connectivity index is 1.31. The topological polar surface area (TPSA) is 77.2 Å². The third-order valence-corrected chi connectivity index (χ3v) is 4.59. The first kappa shape index (κ1) is 19.7. The van der Waals surface area contributed by atoms with Crippen molar-refractivity contribution < 1.29 is 14.1 Å². The molecule has 4 aromatic rings. The number of nitrogens with one attached hydrogen (secondary N) is 1. The summed E-state index contributed by atoms with van der Waals surface area (Å²) >= 11 is 5.99. The molecule has 0 unspecified atom stereocenters. The van der Waals surface area contributed by atoms with Crippen molar-refractivity contribution in [1.29, 1.82) is 0 Å². The second-order valence-corrected chi connectivity index (χ2v) is 7.00. The fourth-order valence-corrected chi connectivity index (χ4v) is 2.98. The van der Waals surface area contributed by atoms with Crippen LogP contribution in [0.4, 0.5) is 0 Å². The highest BCUT2D eigenvalue weighted by Crippen LogP contribution is 2.23. The molecule has 1 N–H and O–H groups in total. The molecule has 0 atom stereocenters. The first-order valence-electron chi connectivity index (χ1n) is 9.29. The molecular formula is C23H18ClN3O3. The molecule has 2 aromatic carbocycles. The van der Waals surface area contributed by atoms with Gasteiger partial charge in [0, 0.05) is 41.2 Å². The number of ether oxygens (including phenoxy) is 1. The number of nitrogens with zero attached hydrogens (tertiary/aromatic N) is 2. The van der Waals surface area contributed by atoms with Crippen LogP contribution >= 0.6 is 11.6 Å². The van der Waals surface area contributed by atoms with Crippen molar-refractivity contribution in [2.24, 2.45) is 0 Å². The van der Waals surface area contributed by atoms with Crippen molar-refractivity contribution in [3.05, 3.63) is 101 Å². The lowest BCUT2D eigenvalue weighted by Gasteiger charge is -2.07. The van der Waals surface area contributed by atoms with Gasteiger partial charge in [0.05, 0.1) is 0 Å². The number of hydrogen-bond acceptors (Lipinski definition) is 5. The van der Waals surface area contributed by atoms with Gasteiger partial charge in [-0.15, -0.1) is 0 Å². The van der Waals surface area contributed by atoms with E-state index < -0.39 is 0 Å². The molecule has 0 bridgehead atoms. The molecule has 30 heavy (non-hydrogen) atoms. The van der Waals surface area contributed by atoms with E-state index in [0.717, 1.165) is 22.4 Å². The monoisotopic (exact) mass is 419 g/mol. The number of rotatable bonds is 7. The average molecular weight is 420 g/mol.